The summed E-state index contributed by atoms with van der Waals surface area (Å²) in [5.74, 6) is -0.202. The van der Waals surface area contributed by atoms with Crippen molar-refractivity contribution in [2.75, 3.05) is 5.73 Å². The lowest BCUT2D eigenvalue weighted by Crippen LogP contribution is -2.12. The second-order valence-corrected chi connectivity index (χ2v) is 4.09. The number of nitrogens with two attached hydrogens (primary N) is 1. The predicted octanol–water partition coefficient (Wildman–Crippen LogP) is 3.22. The molecular formula is C13H12F3N3O. The number of anilines is 1. The molecule has 0 saturated heterocycles. The zero-order chi connectivity index (χ0) is 14.8. The summed E-state index contributed by atoms with van der Waals surface area (Å²) in [5, 5.41) is 0. The Hall–Kier alpha value is -2.31. The van der Waals surface area contributed by atoms with Crippen LogP contribution in [-0.2, 0) is 6.18 Å². The van der Waals surface area contributed by atoms with Gasteiger partial charge in [0.1, 0.15) is 11.9 Å². The zero-order valence-corrected chi connectivity index (χ0v) is 10.6. The minimum Gasteiger partial charge on any atom is -0.484 e. The Kier molecular flexibility index (Phi) is 3.78. The number of nitrogen functional groups attached to an aromatic ring is 1. The van der Waals surface area contributed by atoms with Gasteiger partial charge in [-0.3, -0.25) is 0 Å². The molecule has 0 aliphatic rings. The summed E-state index contributed by atoms with van der Waals surface area (Å²) in [6.45, 7) is 1.59. The van der Waals surface area contributed by atoms with Gasteiger partial charge in [0.2, 0.25) is 5.95 Å². The van der Waals surface area contributed by atoms with Gasteiger partial charge in [-0.25, -0.2) is 9.97 Å². The monoisotopic (exact) mass is 283 g/mol. The van der Waals surface area contributed by atoms with Gasteiger partial charge >= 0.3 is 6.18 Å². The largest absolute Gasteiger partial charge is 0.484 e. The molecule has 4 nitrogen and oxygen atoms in total. The number of ether oxygens (including phenoxy) is 1. The number of aromatic nitrogens is 2. The number of hydrogen-bond donors (Lipinski definition) is 1. The molecule has 0 aliphatic heterocycles. The van der Waals surface area contributed by atoms with E-state index in [4.69, 9.17) is 10.5 Å². The molecule has 1 aromatic heterocycles. The van der Waals surface area contributed by atoms with E-state index in [9.17, 15) is 13.2 Å². The van der Waals surface area contributed by atoms with Gasteiger partial charge in [0.25, 0.3) is 0 Å². The number of rotatable bonds is 3. The maximum atomic E-state index is 12.8. The molecule has 1 atom stereocenters. The van der Waals surface area contributed by atoms with Gasteiger partial charge in [0.15, 0.2) is 0 Å². The predicted molar refractivity (Wildman–Crippen MR) is 66.9 cm³/mol. The first kappa shape index (κ1) is 14.1. The number of hydrogen-bond acceptors (Lipinski definition) is 4. The van der Waals surface area contributed by atoms with Crippen LogP contribution in [0.1, 0.15) is 24.3 Å². The van der Waals surface area contributed by atoms with Crippen molar-refractivity contribution in [3.63, 3.8) is 0 Å². The van der Waals surface area contributed by atoms with Crippen molar-refractivity contribution >= 4 is 5.95 Å². The summed E-state index contributed by atoms with van der Waals surface area (Å²) in [5.41, 5.74) is 5.02. The van der Waals surface area contributed by atoms with Crippen molar-refractivity contribution in [3.8, 4) is 5.75 Å². The average Bonchev–Trinajstić information content (AvgIpc) is 2.38. The Morgan fingerprint density at radius 2 is 1.90 bits per heavy atom. The van der Waals surface area contributed by atoms with Gasteiger partial charge in [-0.2, -0.15) is 13.2 Å². The van der Waals surface area contributed by atoms with Gasteiger partial charge < -0.3 is 10.5 Å². The molecule has 7 heteroatoms. The lowest BCUT2D eigenvalue weighted by atomic mass is 10.2. The highest BCUT2D eigenvalue weighted by Crippen LogP contribution is 2.37. The Morgan fingerprint density at radius 3 is 2.55 bits per heavy atom. The van der Waals surface area contributed by atoms with Crippen LogP contribution >= 0.6 is 0 Å². The third-order valence-electron chi connectivity index (χ3n) is 2.61. The molecule has 0 fully saturated rings. The van der Waals surface area contributed by atoms with Crippen molar-refractivity contribution in [1.29, 1.82) is 0 Å². The summed E-state index contributed by atoms with van der Waals surface area (Å²) in [6.07, 6.45) is -3.72. The molecule has 0 bridgehead atoms. The zero-order valence-electron chi connectivity index (χ0n) is 10.6. The number of halogens is 3. The van der Waals surface area contributed by atoms with Gasteiger partial charge in [0, 0.05) is 6.20 Å². The van der Waals surface area contributed by atoms with E-state index in [0.717, 1.165) is 6.07 Å². The molecule has 106 valence electrons. The smallest absolute Gasteiger partial charge is 0.419 e. The quantitative estimate of drug-likeness (QED) is 0.939. The van der Waals surface area contributed by atoms with E-state index in [-0.39, 0.29) is 11.7 Å². The molecule has 0 radical (unpaired) electrons. The van der Waals surface area contributed by atoms with E-state index in [2.05, 4.69) is 9.97 Å². The van der Waals surface area contributed by atoms with E-state index < -0.39 is 17.8 Å². The molecule has 1 unspecified atom stereocenters. The third kappa shape index (κ3) is 3.17. The van der Waals surface area contributed by atoms with Crippen molar-refractivity contribution in [2.45, 2.75) is 19.2 Å². The fraction of sp³-hybridized carbons (Fsp3) is 0.231. The van der Waals surface area contributed by atoms with Crippen LogP contribution in [0.2, 0.25) is 0 Å². The maximum absolute atomic E-state index is 12.8. The van der Waals surface area contributed by atoms with Crippen LogP contribution < -0.4 is 10.5 Å². The molecule has 1 heterocycles. The molecule has 2 aromatic rings. The summed E-state index contributed by atoms with van der Waals surface area (Å²) < 4.78 is 43.9. The van der Waals surface area contributed by atoms with Crippen LogP contribution in [0.25, 0.3) is 0 Å². The summed E-state index contributed by atoms with van der Waals surface area (Å²) in [4.78, 5) is 7.64. The van der Waals surface area contributed by atoms with Gasteiger partial charge in [-0.15, -0.1) is 0 Å². The molecule has 0 saturated carbocycles. The molecular weight excluding hydrogens is 271 g/mol. The van der Waals surface area contributed by atoms with Crippen molar-refractivity contribution in [3.05, 3.63) is 47.8 Å². The molecule has 2 rings (SSSR count). The van der Waals surface area contributed by atoms with E-state index in [0.29, 0.717) is 5.69 Å². The molecule has 20 heavy (non-hydrogen) atoms. The number of nitrogens with zero attached hydrogens (tertiary/aromatic N) is 2. The van der Waals surface area contributed by atoms with E-state index in [1.165, 1.54) is 30.5 Å². The van der Waals surface area contributed by atoms with E-state index in [1.807, 2.05) is 0 Å². The normalized spacial score (nSPS) is 13.0. The topological polar surface area (TPSA) is 61.0 Å². The summed E-state index contributed by atoms with van der Waals surface area (Å²) in [7, 11) is 0. The SMILES string of the molecule is CC(Oc1ccccc1C(F)(F)F)c1ccnc(N)n1. The molecule has 1 aromatic carbocycles. The minimum absolute atomic E-state index is 0.0436. The highest BCUT2D eigenvalue weighted by molar-refractivity contribution is 5.36. The van der Waals surface area contributed by atoms with Crippen LogP contribution in [0.15, 0.2) is 36.5 Å². The fourth-order valence-corrected chi connectivity index (χ4v) is 1.67. The minimum atomic E-state index is -4.47. The third-order valence-corrected chi connectivity index (χ3v) is 2.61. The van der Waals surface area contributed by atoms with Crippen molar-refractivity contribution in [2.24, 2.45) is 0 Å². The first-order chi connectivity index (χ1) is 9.38. The Labute approximate surface area is 113 Å². The van der Waals surface area contributed by atoms with Gasteiger partial charge in [-0.05, 0) is 25.1 Å². The standard InChI is InChI=1S/C13H12F3N3O/c1-8(10-6-7-18-12(17)19-10)20-11-5-3-2-4-9(11)13(14,15)16/h2-8H,1H3,(H2,17,18,19). The molecule has 0 amide bonds. The summed E-state index contributed by atoms with van der Waals surface area (Å²) in [6, 6.07) is 6.56. The van der Waals surface area contributed by atoms with Gasteiger partial charge in [0.05, 0.1) is 11.3 Å². The van der Waals surface area contributed by atoms with Crippen LogP contribution in [0, 0.1) is 0 Å². The second-order valence-electron chi connectivity index (χ2n) is 4.09. The second kappa shape index (κ2) is 5.36. The Bertz CT molecular complexity index is 601. The summed E-state index contributed by atoms with van der Waals surface area (Å²) >= 11 is 0. The number of alkyl halides is 3. The van der Waals surface area contributed by atoms with Crippen LogP contribution in [0.5, 0.6) is 5.75 Å². The van der Waals surface area contributed by atoms with E-state index >= 15 is 0 Å². The number of benzene rings is 1. The average molecular weight is 283 g/mol. The maximum Gasteiger partial charge on any atom is 0.419 e. The Morgan fingerprint density at radius 1 is 1.20 bits per heavy atom. The lowest BCUT2D eigenvalue weighted by molar-refractivity contribution is -0.139. The van der Waals surface area contributed by atoms with Gasteiger partial charge in [-0.1, -0.05) is 12.1 Å². The molecule has 0 spiro atoms. The lowest BCUT2D eigenvalue weighted by Gasteiger charge is -2.18. The Balaban J connectivity index is 2.26. The molecule has 2 N–H and O–H groups in total. The highest BCUT2D eigenvalue weighted by atomic mass is 19.4. The number of para-hydroxylation sites is 1. The fourth-order valence-electron chi connectivity index (χ4n) is 1.67. The van der Waals surface area contributed by atoms with Crippen LogP contribution in [0.3, 0.4) is 0 Å². The van der Waals surface area contributed by atoms with Crippen LogP contribution in [0.4, 0.5) is 19.1 Å². The van der Waals surface area contributed by atoms with Crippen LogP contribution in [-0.4, -0.2) is 9.97 Å². The van der Waals surface area contributed by atoms with Crippen molar-refractivity contribution < 1.29 is 17.9 Å². The first-order valence-corrected chi connectivity index (χ1v) is 5.79. The van der Waals surface area contributed by atoms with Crippen molar-refractivity contribution in [1.82, 2.24) is 9.97 Å². The molecule has 0 aliphatic carbocycles. The first-order valence-electron chi connectivity index (χ1n) is 5.79. The highest BCUT2D eigenvalue weighted by Gasteiger charge is 2.34. The van der Waals surface area contributed by atoms with E-state index in [1.54, 1.807) is 6.92 Å².